The maximum atomic E-state index is 11.3. The molecule has 0 N–H and O–H groups in total. The van der Waals surface area contributed by atoms with Gasteiger partial charge in [-0.15, -0.1) is 5.11 Å². The van der Waals surface area contributed by atoms with E-state index < -0.39 is 9.05 Å². The Kier molecular flexibility index (Phi) is 3.74. The molecular weight excluding hydrogens is 272 g/mol. The molecule has 0 heterocycles. The van der Waals surface area contributed by atoms with Gasteiger partial charge >= 0.3 is 0 Å². The summed E-state index contributed by atoms with van der Waals surface area (Å²) in [4.78, 5) is -0.0497. The molecule has 0 aliphatic carbocycles. The van der Waals surface area contributed by atoms with Gasteiger partial charge in [0, 0.05) is 10.7 Å². The largest absolute Gasteiger partial charge is 0.263 e. The van der Waals surface area contributed by atoms with Crippen LogP contribution < -0.4 is 0 Å². The average molecular weight is 281 g/mol. The van der Waals surface area contributed by atoms with E-state index in [1.54, 1.807) is 30.3 Å². The van der Waals surface area contributed by atoms with E-state index in [0.29, 0.717) is 5.69 Å². The molecule has 0 aromatic heterocycles. The number of azo groups is 1. The van der Waals surface area contributed by atoms with E-state index in [0.717, 1.165) is 0 Å². The van der Waals surface area contributed by atoms with E-state index in [1.165, 1.54) is 6.07 Å². The fraction of sp³-hybridized carbons (Fsp3) is 0. The number of halogens is 1. The Morgan fingerprint density at radius 2 is 1.44 bits per heavy atom. The monoisotopic (exact) mass is 280 g/mol. The van der Waals surface area contributed by atoms with Gasteiger partial charge in [-0.3, -0.25) is 0 Å². The molecule has 92 valence electrons. The summed E-state index contributed by atoms with van der Waals surface area (Å²) in [7, 11) is 1.50. The van der Waals surface area contributed by atoms with Crippen LogP contribution in [0, 0.1) is 0 Å². The van der Waals surface area contributed by atoms with Gasteiger partial charge in [-0.25, -0.2) is 8.42 Å². The zero-order valence-corrected chi connectivity index (χ0v) is 10.8. The molecule has 0 aliphatic heterocycles. The molecule has 0 unspecified atom stereocenters. The number of rotatable bonds is 3. The van der Waals surface area contributed by atoms with Crippen LogP contribution in [-0.2, 0) is 9.05 Å². The van der Waals surface area contributed by atoms with Gasteiger partial charge in [-0.1, -0.05) is 30.3 Å². The molecule has 0 aliphatic rings. The molecule has 6 heteroatoms. The fourth-order valence-electron chi connectivity index (χ4n) is 1.35. The van der Waals surface area contributed by atoms with Crippen LogP contribution in [0.2, 0.25) is 0 Å². The van der Waals surface area contributed by atoms with Gasteiger partial charge in [0.15, 0.2) is 0 Å². The lowest BCUT2D eigenvalue weighted by molar-refractivity contribution is 0.609. The van der Waals surface area contributed by atoms with E-state index in [1.807, 2.05) is 18.2 Å². The van der Waals surface area contributed by atoms with Crippen molar-refractivity contribution < 1.29 is 8.42 Å². The van der Waals surface area contributed by atoms with Crippen LogP contribution in [-0.4, -0.2) is 8.42 Å². The summed E-state index contributed by atoms with van der Waals surface area (Å²) in [6, 6.07) is 15.2. The Morgan fingerprint density at radius 1 is 0.833 bits per heavy atom. The van der Waals surface area contributed by atoms with Crippen molar-refractivity contribution in [1.82, 2.24) is 0 Å². The second kappa shape index (κ2) is 5.29. The van der Waals surface area contributed by atoms with Crippen molar-refractivity contribution in [2.24, 2.45) is 10.2 Å². The van der Waals surface area contributed by atoms with Crippen LogP contribution in [0.25, 0.3) is 0 Å². The lowest BCUT2D eigenvalue weighted by Crippen LogP contribution is -1.89. The molecule has 4 nitrogen and oxygen atoms in total. The first-order chi connectivity index (χ1) is 8.57. The third-order valence-electron chi connectivity index (χ3n) is 2.16. The molecule has 0 atom stereocenters. The van der Waals surface area contributed by atoms with Crippen molar-refractivity contribution in [2.75, 3.05) is 0 Å². The van der Waals surface area contributed by atoms with Crippen molar-refractivity contribution in [3.63, 3.8) is 0 Å². The summed E-state index contributed by atoms with van der Waals surface area (Å²) in [5, 5.41) is 7.86. The second-order valence-electron chi connectivity index (χ2n) is 3.44. The molecule has 18 heavy (non-hydrogen) atoms. The van der Waals surface area contributed by atoms with Crippen molar-refractivity contribution in [1.29, 1.82) is 0 Å². The van der Waals surface area contributed by atoms with Crippen LogP contribution in [0.4, 0.5) is 11.4 Å². The summed E-state index contributed by atoms with van der Waals surface area (Å²) < 4.78 is 22.7. The van der Waals surface area contributed by atoms with Crippen molar-refractivity contribution in [3.8, 4) is 0 Å². The highest BCUT2D eigenvalue weighted by Gasteiger charge is 2.14. The Labute approximate surface area is 109 Å². The van der Waals surface area contributed by atoms with Crippen molar-refractivity contribution in [3.05, 3.63) is 54.6 Å². The van der Waals surface area contributed by atoms with Crippen LogP contribution in [0.5, 0.6) is 0 Å². The van der Waals surface area contributed by atoms with Gasteiger partial charge in [0.1, 0.15) is 10.6 Å². The zero-order chi connectivity index (χ0) is 13.0. The Hall–Kier alpha value is -1.72. The van der Waals surface area contributed by atoms with Gasteiger partial charge in [-0.2, -0.15) is 5.11 Å². The van der Waals surface area contributed by atoms with Gasteiger partial charge < -0.3 is 0 Å². The molecule has 2 rings (SSSR count). The second-order valence-corrected chi connectivity index (χ2v) is 5.98. The lowest BCUT2D eigenvalue weighted by Gasteiger charge is -1.99. The highest BCUT2D eigenvalue weighted by atomic mass is 35.7. The number of hydrogen-bond acceptors (Lipinski definition) is 4. The summed E-state index contributed by atoms with van der Waals surface area (Å²) in [6.07, 6.45) is 0. The molecule has 0 radical (unpaired) electrons. The molecule has 0 bridgehead atoms. The Balaban J connectivity index is 2.39. The maximum Gasteiger partial charge on any atom is 0.263 e. The standard InChI is InChI=1S/C12H9ClN2O2S/c13-18(16,17)12-9-5-4-8-11(12)15-14-10-6-2-1-3-7-10/h1-9H. The predicted molar refractivity (Wildman–Crippen MR) is 70.1 cm³/mol. The first-order valence-corrected chi connectivity index (χ1v) is 7.39. The minimum atomic E-state index is -3.82. The average Bonchev–Trinajstić information content (AvgIpc) is 2.37. The fourth-order valence-corrected chi connectivity index (χ4v) is 2.34. The number of benzene rings is 2. The van der Waals surface area contributed by atoms with Crippen molar-refractivity contribution in [2.45, 2.75) is 4.90 Å². The smallest absolute Gasteiger partial charge is 0.207 e. The van der Waals surface area contributed by atoms with Crippen LogP contribution in [0.3, 0.4) is 0 Å². The molecule has 0 saturated heterocycles. The minimum Gasteiger partial charge on any atom is -0.207 e. The lowest BCUT2D eigenvalue weighted by atomic mass is 10.3. The van der Waals surface area contributed by atoms with E-state index in [2.05, 4.69) is 10.2 Å². The summed E-state index contributed by atoms with van der Waals surface area (Å²) in [6.45, 7) is 0. The van der Waals surface area contributed by atoms with Crippen LogP contribution in [0.15, 0.2) is 69.7 Å². The van der Waals surface area contributed by atoms with Crippen molar-refractivity contribution >= 4 is 31.1 Å². The molecule has 0 amide bonds. The van der Waals surface area contributed by atoms with Gasteiger partial charge in [0.2, 0.25) is 0 Å². The first-order valence-electron chi connectivity index (χ1n) is 5.08. The van der Waals surface area contributed by atoms with Gasteiger partial charge in [0.25, 0.3) is 9.05 Å². The highest BCUT2D eigenvalue weighted by Crippen LogP contribution is 2.28. The molecular formula is C12H9ClN2O2S. The summed E-state index contributed by atoms with van der Waals surface area (Å²) in [5.74, 6) is 0. The minimum absolute atomic E-state index is 0.0497. The first kappa shape index (κ1) is 12.7. The van der Waals surface area contributed by atoms with Gasteiger partial charge in [0.05, 0.1) is 5.69 Å². The molecule has 2 aromatic carbocycles. The summed E-state index contributed by atoms with van der Waals surface area (Å²) in [5.41, 5.74) is 0.857. The third kappa shape index (κ3) is 3.15. The summed E-state index contributed by atoms with van der Waals surface area (Å²) >= 11 is 0. The normalized spacial score (nSPS) is 11.8. The molecule has 2 aromatic rings. The van der Waals surface area contributed by atoms with E-state index in [-0.39, 0.29) is 10.6 Å². The quantitative estimate of drug-likeness (QED) is 0.629. The Bertz CT molecular complexity index is 669. The topological polar surface area (TPSA) is 58.9 Å². The zero-order valence-electron chi connectivity index (χ0n) is 9.19. The predicted octanol–water partition coefficient (Wildman–Crippen LogP) is 4.03. The van der Waals surface area contributed by atoms with E-state index >= 15 is 0 Å². The number of hydrogen-bond donors (Lipinski definition) is 0. The molecule has 0 spiro atoms. The van der Waals surface area contributed by atoms with E-state index in [4.69, 9.17) is 10.7 Å². The van der Waals surface area contributed by atoms with Gasteiger partial charge in [-0.05, 0) is 24.3 Å². The Morgan fingerprint density at radius 3 is 2.11 bits per heavy atom. The maximum absolute atomic E-state index is 11.3. The number of nitrogens with zero attached hydrogens (tertiary/aromatic N) is 2. The highest BCUT2D eigenvalue weighted by molar-refractivity contribution is 8.13. The SMILES string of the molecule is O=S(=O)(Cl)c1ccccc1N=Nc1ccccc1. The molecule has 0 saturated carbocycles. The van der Waals surface area contributed by atoms with Crippen LogP contribution >= 0.6 is 10.7 Å². The van der Waals surface area contributed by atoms with E-state index in [9.17, 15) is 8.42 Å². The third-order valence-corrected chi connectivity index (χ3v) is 3.53. The van der Waals surface area contributed by atoms with Crippen LogP contribution in [0.1, 0.15) is 0 Å². The molecule has 0 fully saturated rings.